The van der Waals surface area contributed by atoms with Crippen molar-refractivity contribution in [1.29, 1.82) is 0 Å². The van der Waals surface area contributed by atoms with Crippen LogP contribution in [0.3, 0.4) is 0 Å². The molecule has 1 aliphatic rings. The van der Waals surface area contributed by atoms with Crippen LogP contribution in [0.2, 0.25) is 0 Å². The van der Waals surface area contributed by atoms with E-state index in [2.05, 4.69) is 45.2 Å². The lowest BCUT2D eigenvalue weighted by molar-refractivity contribution is -0.132. The standard InChI is InChI=1S/C20H14I2O4/c1-11-3-5-14(6-4-11)18-10-15(20(24)26-18)7-13-8-16(21)19(17(22)9-13)25-12(2)23/h3-10H,1-2H3/b15-7+. The van der Waals surface area contributed by atoms with E-state index in [1.807, 2.05) is 43.3 Å². The molecule has 0 radical (unpaired) electrons. The number of halogens is 2. The van der Waals surface area contributed by atoms with Crippen LogP contribution >= 0.6 is 45.2 Å². The molecule has 4 nitrogen and oxygen atoms in total. The quantitative estimate of drug-likeness (QED) is 0.222. The molecule has 0 N–H and O–H groups in total. The fourth-order valence-electron chi connectivity index (χ4n) is 2.43. The summed E-state index contributed by atoms with van der Waals surface area (Å²) in [4.78, 5) is 23.4. The molecule has 1 heterocycles. The fraction of sp³-hybridized carbons (Fsp3) is 0.100. The maximum Gasteiger partial charge on any atom is 0.343 e. The van der Waals surface area contributed by atoms with Gasteiger partial charge in [0.05, 0.1) is 12.7 Å². The largest absolute Gasteiger partial charge is 0.424 e. The third-order valence-electron chi connectivity index (χ3n) is 3.65. The normalized spacial score (nSPS) is 15.0. The third kappa shape index (κ3) is 4.35. The lowest BCUT2D eigenvalue weighted by Gasteiger charge is -2.08. The predicted octanol–water partition coefficient (Wildman–Crippen LogP) is 5.11. The average Bonchev–Trinajstić information content (AvgIpc) is 2.92. The number of hydrogen-bond acceptors (Lipinski definition) is 4. The van der Waals surface area contributed by atoms with Gasteiger partial charge in [0.25, 0.3) is 0 Å². The third-order valence-corrected chi connectivity index (χ3v) is 5.25. The molecule has 0 spiro atoms. The van der Waals surface area contributed by atoms with E-state index in [1.54, 1.807) is 12.2 Å². The first kappa shape index (κ1) is 19.1. The van der Waals surface area contributed by atoms with E-state index in [0.717, 1.165) is 23.8 Å². The van der Waals surface area contributed by atoms with Crippen LogP contribution in [0.4, 0.5) is 0 Å². The van der Waals surface area contributed by atoms with Gasteiger partial charge in [-0.1, -0.05) is 29.8 Å². The Morgan fingerprint density at radius 1 is 1.12 bits per heavy atom. The van der Waals surface area contributed by atoms with E-state index in [0.29, 0.717) is 17.1 Å². The molecule has 0 amide bonds. The summed E-state index contributed by atoms with van der Waals surface area (Å²) in [7, 11) is 0. The summed E-state index contributed by atoms with van der Waals surface area (Å²) in [6.07, 6.45) is 3.51. The van der Waals surface area contributed by atoms with Crippen molar-refractivity contribution in [2.45, 2.75) is 13.8 Å². The SMILES string of the molecule is CC(=O)Oc1c(I)cc(/C=C2\C=C(c3ccc(C)cc3)OC2=O)cc1I. The van der Waals surface area contributed by atoms with Gasteiger partial charge in [0.15, 0.2) is 5.75 Å². The molecule has 2 aromatic carbocycles. The van der Waals surface area contributed by atoms with Gasteiger partial charge in [0.1, 0.15) is 5.76 Å². The Bertz CT molecular complexity index is 933. The highest BCUT2D eigenvalue weighted by molar-refractivity contribution is 14.1. The molecule has 1 aliphatic heterocycles. The first-order valence-corrected chi connectivity index (χ1v) is 9.89. The van der Waals surface area contributed by atoms with E-state index in [9.17, 15) is 9.59 Å². The first-order chi connectivity index (χ1) is 12.3. The Hall–Kier alpha value is -1.68. The zero-order valence-corrected chi connectivity index (χ0v) is 18.3. The summed E-state index contributed by atoms with van der Waals surface area (Å²) >= 11 is 4.22. The van der Waals surface area contributed by atoms with Crippen molar-refractivity contribution in [1.82, 2.24) is 0 Å². The van der Waals surface area contributed by atoms with Gasteiger partial charge in [-0.2, -0.15) is 0 Å². The fourth-order valence-corrected chi connectivity index (χ4v) is 4.47. The minimum absolute atomic E-state index is 0.364. The number of cyclic esters (lactones) is 1. The highest BCUT2D eigenvalue weighted by Gasteiger charge is 2.22. The minimum atomic E-state index is -0.380. The molecule has 0 aromatic heterocycles. The van der Waals surface area contributed by atoms with Crippen molar-refractivity contribution < 1.29 is 19.1 Å². The van der Waals surface area contributed by atoms with Gasteiger partial charge < -0.3 is 9.47 Å². The number of benzene rings is 2. The van der Waals surface area contributed by atoms with Crippen LogP contribution in [0.15, 0.2) is 48.0 Å². The highest BCUT2D eigenvalue weighted by Crippen LogP contribution is 2.32. The number of rotatable bonds is 3. The number of carbonyl (C=O) groups is 2. The molecular formula is C20H14I2O4. The molecule has 0 saturated carbocycles. The van der Waals surface area contributed by atoms with Crippen molar-refractivity contribution >= 4 is 69.0 Å². The van der Waals surface area contributed by atoms with Crippen LogP contribution in [0.25, 0.3) is 11.8 Å². The minimum Gasteiger partial charge on any atom is -0.424 e. The molecule has 132 valence electrons. The lowest BCUT2D eigenvalue weighted by atomic mass is 10.1. The van der Waals surface area contributed by atoms with Crippen molar-refractivity contribution in [2.75, 3.05) is 0 Å². The van der Waals surface area contributed by atoms with Crippen LogP contribution < -0.4 is 4.74 Å². The number of aryl methyl sites for hydroxylation is 1. The van der Waals surface area contributed by atoms with Gasteiger partial charge in [-0.15, -0.1) is 0 Å². The monoisotopic (exact) mass is 572 g/mol. The summed E-state index contributed by atoms with van der Waals surface area (Å²) in [5.74, 6) is 0.333. The van der Waals surface area contributed by atoms with E-state index < -0.39 is 0 Å². The second kappa shape index (κ2) is 7.91. The molecule has 0 atom stereocenters. The molecule has 2 aromatic rings. The zero-order valence-electron chi connectivity index (χ0n) is 14.0. The van der Waals surface area contributed by atoms with Gasteiger partial charge in [-0.25, -0.2) is 4.79 Å². The Morgan fingerprint density at radius 3 is 2.31 bits per heavy atom. The van der Waals surface area contributed by atoms with Crippen LogP contribution in [0.5, 0.6) is 5.75 Å². The molecule has 0 aliphatic carbocycles. The molecule has 0 saturated heterocycles. The summed E-state index contributed by atoms with van der Waals surface area (Å²) in [6, 6.07) is 11.5. The van der Waals surface area contributed by atoms with Crippen molar-refractivity contribution in [2.24, 2.45) is 0 Å². The number of hydrogen-bond donors (Lipinski definition) is 0. The molecule has 0 fully saturated rings. The van der Waals surface area contributed by atoms with Gasteiger partial charge in [0, 0.05) is 12.5 Å². The van der Waals surface area contributed by atoms with Crippen LogP contribution in [0.1, 0.15) is 23.6 Å². The van der Waals surface area contributed by atoms with Crippen LogP contribution in [0, 0.1) is 14.1 Å². The van der Waals surface area contributed by atoms with E-state index in [-0.39, 0.29) is 11.9 Å². The number of esters is 2. The zero-order chi connectivity index (χ0) is 18.8. The highest BCUT2D eigenvalue weighted by atomic mass is 127. The molecule has 26 heavy (non-hydrogen) atoms. The second-order valence-corrected chi connectivity index (χ2v) is 8.10. The van der Waals surface area contributed by atoms with Crippen LogP contribution in [-0.2, 0) is 14.3 Å². The summed E-state index contributed by atoms with van der Waals surface area (Å²) < 4.78 is 12.2. The van der Waals surface area contributed by atoms with Crippen molar-refractivity contribution in [3.63, 3.8) is 0 Å². The molecule has 6 heteroatoms. The molecular weight excluding hydrogens is 558 g/mol. The first-order valence-electron chi connectivity index (χ1n) is 7.73. The predicted molar refractivity (Wildman–Crippen MR) is 116 cm³/mol. The smallest absolute Gasteiger partial charge is 0.343 e. The van der Waals surface area contributed by atoms with Gasteiger partial charge in [-0.3, -0.25) is 4.79 Å². The van der Waals surface area contributed by atoms with Crippen LogP contribution in [-0.4, -0.2) is 11.9 Å². The Kier molecular flexibility index (Phi) is 5.81. The lowest BCUT2D eigenvalue weighted by Crippen LogP contribution is -2.05. The van der Waals surface area contributed by atoms with E-state index in [4.69, 9.17) is 9.47 Å². The second-order valence-electron chi connectivity index (χ2n) is 5.77. The summed E-state index contributed by atoms with van der Waals surface area (Å²) in [6.45, 7) is 3.38. The van der Waals surface area contributed by atoms with Gasteiger partial charge >= 0.3 is 11.9 Å². The average molecular weight is 572 g/mol. The Morgan fingerprint density at radius 2 is 1.73 bits per heavy atom. The van der Waals surface area contributed by atoms with Gasteiger partial charge in [-0.05, 0) is 82.0 Å². The topological polar surface area (TPSA) is 52.6 Å². The molecule has 3 rings (SSSR count). The number of ether oxygens (including phenoxy) is 2. The molecule has 0 unspecified atom stereocenters. The molecule has 0 bridgehead atoms. The van der Waals surface area contributed by atoms with E-state index >= 15 is 0 Å². The number of carbonyl (C=O) groups excluding carboxylic acids is 2. The Balaban J connectivity index is 1.93. The van der Waals surface area contributed by atoms with Crippen molar-refractivity contribution in [3.05, 3.63) is 71.9 Å². The van der Waals surface area contributed by atoms with E-state index in [1.165, 1.54) is 6.92 Å². The maximum atomic E-state index is 12.2. The summed E-state index contributed by atoms with van der Waals surface area (Å²) in [5.41, 5.74) is 3.32. The Labute approximate surface area is 178 Å². The summed E-state index contributed by atoms with van der Waals surface area (Å²) in [5, 5.41) is 0. The van der Waals surface area contributed by atoms with Gasteiger partial charge in [0.2, 0.25) is 0 Å². The maximum absolute atomic E-state index is 12.2. The van der Waals surface area contributed by atoms with Crippen molar-refractivity contribution in [3.8, 4) is 5.75 Å².